The Labute approximate surface area is 96.9 Å². The van der Waals surface area contributed by atoms with E-state index in [1.54, 1.807) is 0 Å². The molecule has 0 aliphatic carbocycles. The van der Waals surface area contributed by atoms with E-state index >= 15 is 0 Å². The summed E-state index contributed by atoms with van der Waals surface area (Å²) in [6, 6.07) is 9.76. The molecule has 2 rings (SSSR count). The number of rotatable bonds is 3. The van der Waals surface area contributed by atoms with Crippen LogP contribution in [0.5, 0.6) is 0 Å². The lowest BCUT2D eigenvalue weighted by Crippen LogP contribution is -1.93. The lowest BCUT2D eigenvalue weighted by atomic mass is 10.1. The lowest BCUT2D eigenvalue weighted by Gasteiger charge is -1.96. The minimum Gasteiger partial charge on any atom is -0.346 e. The summed E-state index contributed by atoms with van der Waals surface area (Å²) in [5, 5.41) is 4.47. The van der Waals surface area contributed by atoms with Gasteiger partial charge in [0.25, 0.3) is 0 Å². The summed E-state index contributed by atoms with van der Waals surface area (Å²) in [6.45, 7) is 3.75. The molecule has 0 aliphatic rings. The average Bonchev–Trinajstić information content (AvgIpc) is 2.71. The normalized spacial score (nSPS) is 12.6. The minimum absolute atomic E-state index is 0.487. The topological polar surface area (TPSA) is 43.1 Å². The Bertz CT molecular complexity index is 505. The van der Waals surface area contributed by atoms with Gasteiger partial charge in [-0.05, 0) is 6.92 Å². The van der Waals surface area contributed by atoms with Crippen molar-refractivity contribution >= 4 is 10.8 Å². The second-order valence-corrected chi connectivity index (χ2v) is 5.08. The van der Waals surface area contributed by atoms with Gasteiger partial charge < -0.3 is 4.52 Å². The summed E-state index contributed by atoms with van der Waals surface area (Å²) in [4.78, 5) is 0. The average molecular weight is 235 g/mol. The molecule has 0 amide bonds. The van der Waals surface area contributed by atoms with Gasteiger partial charge in [-0.3, -0.25) is 4.21 Å². The number of nitrogens with zero attached hydrogens (tertiary/aromatic N) is 1. The van der Waals surface area contributed by atoms with Crippen LogP contribution in [0.4, 0.5) is 0 Å². The maximum atomic E-state index is 11.7. The van der Waals surface area contributed by atoms with Crippen LogP contribution < -0.4 is 0 Å². The molecule has 16 heavy (non-hydrogen) atoms. The zero-order chi connectivity index (χ0) is 11.5. The van der Waals surface area contributed by atoms with E-state index < -0.39 is 10.8 Å². The van der Waals surface area contributed by atoms with Crippen molar-refractivity contribution in [2.45, 2.75) is 18.9 Å². The quantitative estimate of drug-likeness (QED) is 0.821. The molecule has 2 aromatic rings. The molecule has 0 N–H and O–H groups in total. The highest BCUT2D eigenvalue weighted by Gasteiger charge is 2.17. The molecule has 1 aromatic carbocycles. The molecule has 1 aromatic heterocycles. The highest BCUT2D eigenvalue weighted by atomic mass is 32.2. The third kappa shape index (κ3) is 1.93. The van der Waals surface area contributed by atoms with Gasteiger partial charge in [-0.25, -0.2) is 0 Å². The Morgan fingerprint density at radius 1 is 1.31 bits per heavy atom. The molecule has 0 aliphatic heterocycles. The van der Waals surface area contributed by atoms with Crippen molar-refractivity contribution in [3.8, 4) is 11.3 Å². The van der Waals surface area contributed by atoms with Crippen LogP contribution in [0.25, 0.3) is 11.3 Å². The number of hydrogen-bond donors (Lipinski definition) is 0. The molecular formula is C12H13NO2S. The van der Waals surface area contributed by atoms with Gasteiger partial charge in [0.15, 0.2) is 0 Å². The number of benzene rings is 1. The van der Waals surface area contributed by atoms with Gasteiger partial charge in [0.05, 0.1) is 10.8 Å². The van der Waals surface area contributed by atoms with Gasteiger partial charge in [0.1, 0.15) is 5.69 Å². The van der Waals surface area contributed by atoms with Crippen molar-refractivity contribution in [2.75, 3.05) is 5.75 Å². The van der Waals surface area contributed by atoms with E-state index in [4.69, 9.17) is 4.52 Å². The summed E-state index contributed by atoms with van der Waals surface area (Å²) in [7, 11) is -1.08. The number of hydrogen-bond acceptors (Lipinski definition) is 3. The van der Waals surface area contributed by atoms with Gasteiger partial charge in [0.2, 0.25) is 5.09 Å². The molecule has 0 radical (unpaired) electrons. The molecule has 84 valence electrons. The minimum atomic E-state index is -1.08. The van der Waals surface area contributed by atoms with Crippen molar-refractivity contribution in [1.82, 2.24) is 5.16 Å². The first-order valence-corrected chi connectivity index (χ1v) is 6.46. The zero-order valence-electron chi connectivity index (χ0n) is 9.27. The van der Waals surface area contributed by atoms with Crippen molar-refractivity contribution in [3.63, 3.8) is 0 Å². The Kier molecular flexibility index (Phi) is 3.19. The first-order valence-electron chi connectivity index (χ1n) is 5.14. The standard InChI is InChI=1S/C12H13NO2S/c1-3-16(14)12-9(2)11(13-15-12)10-7-5-4-6-8-10/h4-8H,3H2,1-2H3. The highest BCUT2D eigenvalue weighted by molar-refractivity contribution is 7.84. The molecule has 4 heteroatoms. The van der Waals surface area contributed by atoms with Gasteiger partial charge >= 0.3 is 0 Å². The van der Waals surface area contributed by atoms with Crippen LogP contribution in [-0.2, 0) is 10.8 Å². The highest BCUT2D eigenvalue weighted by Crippen LogP contribution is 2.26. The lowest BCUT2D eigenvalue weighted by molar-refractivity contribution is 0.345. The molecule has 0 bridgehead atoms. The fourth-order valence-electron chi connectivity index (χ4n) is 1.53. The molecule has 1 atom stereocenters. The SMILES string of the molecule is CCS(=O)c1onc(-c2ccccc2)c1C. The van der Waals surface area contributed by atoms with Crippen molar-refractivity contribution in [2.24, 2.45) is 0 Å². The summed E-state index contributed by atoms with van der Waals surface area (Å²) in [6.07, 6.45) is 0. The first kappa shape index (κ1) is 11.1. The van der Waals surface area contributed by atoms with Crippen LogP contribution in [0.3, 0.4) is 0 Å². The van der Waals surface area contributed by atoms with Gasteiger partial charge in [0, 0.05) is 16.9 Å². The molecule has 1 heterocycles. The second-order valence-electron chi connectivity index (χ2n) is 3.44. The smallest absolute Gasteiger partial charge is 0.226 e. The molecular weight excluding hydrogens is 222 g/mol. The van der Waals surface area contributed by atoms with Crippen LogP contribution in [0.2, 0.25) is 0 Å². The van der Waals surface area contributed by atoms with Crippen LogP contribution in [0, 0.1) is 6.92 Å². The van der Waals surface area contributed by atoms with E-state index in [1.165, 1.54) is 0 Å². The Hall–Kier alpha value is -1.42. The predicted octanol–water partition coefficient (Wildman–Crippen LogP) is 2.78. The maximum absolute atomic E-state index is 11.7. The van der Waals surface area contributed by atoms with Crippen molar-refractivity contribution in [1.29, 1.82) is 0 Å². The fourth-order valence-corrected chi connectivity index (χ4v) is 2.35. The van der Waals surface area contributed by atoms with Crippen LogP contribution in [-0.4, -0.2) is 15.1 Å². The van der Waals surface area contributed by atoms with Gasteiger partial charge in [-0.2, -0.15) is 0 Å². The Morgan fingerprint density at radius 2 is 2.00 bits per heavy atom. The third-order valence-electron chi connectivity index (χ3n) is 2.40. The number of aromatic nitrogens is 1. The first-order chi connectivity index (χ1) is 7.74. The Balaban J connectivity index is 2.45. The molecule has 1 unspecified atom stereocenters. The largest absolute Gasteiger partial charge is 0.346 e. The van der Waals surface area contributed by atoms with E-state index in [0.717, 1.165) is 16.8 Å². The van der Waals surface area contributed by atoms with Crippen LogP contribution >= 0.6 is 0 Å². The third-order valence-corrected chi connectivity index (χ3v) is 3.72. The van der Waals surface area contributed by atoms with Gasteiger partial charge in [-0.1, -0.05) is 42.4 Å². The van der Waals surface area contributed by atoms with E-state index in [-0.39, 0.29) is 0 Å². The second kappa shape index (κ2) is 4.61. The maximum Gasteiger partial charge on any atom is 0.226 e. The van der Waals surface area contributed by atoms with E-state index in [1.807, 2.05) is 44.2 Å². The summed E-state index contributed by atoms with van der Waals surface area (Å²) >= 11 is 0. The molecule has 0 spiro atoms. The molecule has 0 fully saturated rings. The van der Waals surface area contributed by atoms with Gasteiger partial charge in [-0.15, -0.1) is 0 Å². The van der Waals surface area contributed by atoms with Crippen LogP contribution in [0.1, 0.15) is 12.5 Å². The zero-order valence-corrected chi connectivity index (χ0v) is 10.1. The van der Waals surface area contributed by atoms with E-state index in [2.05, 4.69) is 5.16 Å². The molecule has 0 saturated heterocycles. The predicted molar refractivity (Wildman–Crippen MR) is 63.6 cm³/mol. The van der Waals surface area contributed by atoms with Crippen LogP contribution in [0.15, 0.2) is 39.9 Å². The fraction of sp³-hybridized carbons (Fsp3) is 0.250. The van der Waals surface area contributed by atoms with E-state index in [0.29, 0.717) is 10.8 Å². The molecule has 0 saturated carbocycles. The monoisotopic (exact) mass is 235 g/mol. The summed E-state index contributed by atoms with van der Waals surface area (Å²) in [5.41, 5.74) is 2.63. The van der Waals surface area contributed by atoms with E-state index in [9.17, 15) is 4.21 Å². The summed E-state index contributed by atoms with van der Waals surface area (Å²) in [5.74, 6) is 0.546. The van der Waals surface area contributed by atoms with Crippen molar-refractivity contribution in [3.05, 3.63) is 35.9 Å². The Morgan fingerprint density at radius 3 is 2.62 bits per heavy atom. The summed E-state index contributed by atoms with van der Waals surface area (Å²) < 4.78 is 16.8. The van der Waals surface area contributed by atoms with Crippen molar-refractivity contribution < 1.29 is 8.73 Å². The molecule has 3 nitrogen and oxygen atoms in total.